The number of hydrogen-bond acceptors (Lipinski definition) is 1. The van der Waals surface area contributed by atoms with Gasteiger partial charge in [-0.25, -0.2) is 0 Å². The van der Waals surface area contributed by atoms with E-state index in [4.69, 9.17) is 0 Å². The summed E-state index contributed by atoms with van der Waals surface area (Å²) >= 11 is 0. The molecule has 0 N–H and O–H groups in total. The Bertz CT molecular complexity index is 242. The van der Waals surface area contributed by atoms with Crippen LogP contribution < -0.4 is 58.2 Å². The SMILES string of the molecule is CC.CCc1cnc2n1[CH-]CCC2.[Rb+]. The van der Waals surface area contributed by atoms with Crippen molar-refractivity contribution in [3.63, 3.8) is 0 Å². The van der Waals surface area contributed by atoms with E-state index in [1.54, 1.807) is 0 Å². The van der Waals surface area contributed by atoms with Gasteiger partial charge in [-0.2, -0.15) is 0 Å². The third-order valence-corrected chi connectivity index (χ3v) is 2.23. The van der Waals surface area contributed by atoms with Crippen molar-refractivity contribution >= 4 is 0 Å². The molecule has 3 heteroatoms. The third-order valence-electron chi connectivity index (χ3n) is 2.23. The van der Waals surface area contributed by atoms with Gasteiger partial charge in [-0.1, -0.05) is 45.7 Å². The maximum atomic E-state index is 4.36. The molecule has 0 spiro atoms. The van der Waals surface area contributed by atoms with Crippen molar-refractivity contribution in [2.24, 2.45) is 0 Å². The van der Waals surface area contributed by atoms with Gasteiger partial charge in [0.25, 0.3) is 0 Å². The predicted molar refractivity (Wildman–Crippen MR) is 55.6 cm³/mol. The van der Waals surface area contributed by atoms with Gasteiger partial charge in [0.2, 0.25) is 0 Å². The van der Waals surface area contributed by atoms with Crippen LogP contribution in [0.4, 0.5) is 0 Å². The van der Waals surface area contributed by atoms with E-state index >= 15 is 0 Å². The summed E-state index contributed by atoms with van der Waals surface area (Å²) in [5.74, 6) is 1.24. The molecule has 2 heterocycles. The first-order chi connectivity index (χ1) is 6.42. The smallest absolute Gasteiger partial charge is 0.469 e. The number of nitrogens with zero attached hydrogens (tertiary/aromatic N) is 2. The van der Waals surface area contributed by atoms with Gasteiger partial charge in [0, 0.05) is 5.82 Å². The van der Waals surface area contributed by atoms with Crippen molar-refractivity contribution < 1.29 is 58.2 Å². The molecule has 74 valence electrons. The van der Waals surface area contributed by atoms with Gasteiger partial charge in [0.15, 0.2) is 0 Å². The van der Waals surface area contributed by atoms with E-state index in [1.807, 2.05) is 20.0 Å². The summed E-state index contributed by atoms with van der Waals surface area (Å²) in [5, 5.41) is 0. The van der Waals surface area contributed by atoms with Gasteiger partial charge in [-0.15, -0.1) is 6.54 Å². The van der Waals surface area contributed by atoms with Crippen molar-refractivity contribution in [2.75, 3.05) is 0 Å². The fourth-order valence-electron chi connectivity index (χ4n) is 1.59. The maximum Gasteiger partial charge on any atom is 1.00 e. The quantitative estimate of drug-likeness (QED) is 0.644. The van der Waals surface area contributed by atoms with Crippen LogP contribution in [0.25, 0.3) is 0 Å². The van der Waals surface area contributed by atoms with Gasteiger partial charge in [0.05, 0.1) is 0 Å². The first-order valence-electron chi connectivity index (χ1n) is 5.30. The molecule has 0 fully saturated rings. The second kappa shape index (κ2) is 8.09. The Kier molecular flexibility index (Phi) is 8.60. The van der Waals surface area contributed by atoms with Crippen LogP contribution in [0, 0.1) is 6.54 Å². The number of fused-ring (bicyclic) bond motifs is 1. The Morgan fingerprint density at radius 1 is 1.50 bits per heavy atom. The summed E-state index contributed by atoms with van der Waals surface area (Å²) in [7, 11) is 0. The van der Waals surface area contributed by atoms with Crippen molar-refractivity contribution in [3.8, 4) is 0 Å². The van der Waals surface area contributed by atoms with Crippen LogP contribution in [0.15, 0.2) is 6.20 Å². The maximum absolute atomic E-state index is 4.36. The second-order valence-electron chi connectivity index (χ2n) is 2.96. The normalized spacial score (nSPS) is 12.8. The monoisotopic (exact) mass is 264 g/mol. The van der Waals surface area contributed by atoms with Crippen molar-refractivity contribution in [1.82, 2.24) is 9.55 Å². The van der Waals surface area contributed by atoms with Crippen LogP contribution in [0.1, 0.15) is 45.1 Å². The van der Waals surface area contributed by atoms with E-state index in [0.29, 0.717) is 0 Å². The van der Waals surface area contributed by atoms with E-state index in [0.717, 1.165) is 12.8 Å². The van der Waals surface area contributed by atoms with E-state index < -0.39 is 0 Å². The molecule has 2 nitrogen and oxygen atoms in total. The fraction of sp³-hybridized carbons (Fsp3) is 0.636. The molecule has 1 aromatic heterocycles. The zero-order chi connectivity index (χ0) is 9.68. The number of hydrogen-bond donors (Lipinski definition) is 0. The Morgan fingerprint density at radius 3 is 2.86 bits per heavy atom. The van der Waals surface area contributed by atoms with Gasteiger partial charge in [0.1, 0.15) is 0 Å². The average Bonchev–Trinajstić information content (AvgIpc) is 2.64. The number of rotatable bonds is 1. The number of imidazole rings is 1. The third kappa shape index (κ3) is 3.48. The van der Waals surface area contributed by atoms with E-state index in [-0.39, 0.29) is 58.2 Å². The standard InChI is InChI=1S/C9H13N2.C2H6.Rb/c1-2-8-7-10-9-5-3-4-6-11(8)9;1-2;/h6-7H,2-5H2,1H3;1-2H3;/q-1;;+1. The summed E-state index contributed by atoms with van der Waals surface area (Å²) in [5.41, 5.74) is 1.35. The van der Waals surface area contributed by atoms with Crippen LogP contribution >= 0.6 is 0 Å². The van der Waals surface area contributed by atoms with E-state index in [9.17, 15) is 0 Å². The van der Waals surface area contributed by atoms with Crippen molar-refractivity contribution in [2.45, 2.75) is 46.5 Å². The molecular formula is C11H19N2Rb. The molecule has 0 radical (unpaired) electrons. The summed E-state index contributed by atoms with van der Waals surface area (Å²) in [6, 6.07) is 0. The van der Waals surface area contributed by atoms with Gasteiger partial charge in [-0.05, 0) is 12.6 Å². The van der Waals surface area contributed by atoms with Crippen LogP contribution in [0.5, 0.6) is 0 Å². The topological polar surface area (TPSA) is 17.8 Å². The molecule has 0 amide bonds. The Labute approximate surface area is 136 Å². The number of aryl methyl sites for hydroxylation is 2. The Morgan fingerprint density at radius 2 is 2.21 bits per heavy atom. The minimum Gasteiger partial charge on any atom is -0.469 e. The summed E-state index contributed by atoms with van der Waals surface area (Å²) < 4.78 is 2.25. The van der Waals surface area contributed by atoms with Gasteiger partial charge < -0.3 is 9.55 Å². The fourth-order valence-corrected chi connectivity index (χ4v) is 1.59. The molecule has 0 aromatic carbocycles. The van der Waals surface area contributed by atoms with Crippen molar-refractivity contribution in [3.05, 3.63) is 24.3 Å². The van der Waals surface area contributed by atoms with E-state index in [1.165, 1.54) is 24.4 Å². The van der Waals surface area contributed by atoms with Gasteiger partial charge in [-0.3, -0.25) is 0 Å². The molecule has 0 saturated heterocycles. The van der Waals surface area contributed by atoms with Crippen LogP contribution in [-0.2, 0) is 12.8 Å². The molecular weight excluding hydrogens is 246 g/mol. The summed E-state index contributed by atoms with van der Waals surface area (Å²) in [4.78, 5) is 4.36. The zero-order valence-electron chi connectivity index (χ0n) is 9.88. The molecule has 14 heavy (non-hydrogen) atoms. The minimum atomic E-state index is 0. The second-order valence-corrected chi connectivity index (χ2v) is 2.96. The largest absolute Gasteiger partial charge is 1.00 e. The Balaban J connectivity index is 0.000000531. The molecule has 0 unspecified atom stereocenters. The van der Waals surface area contributed by atoms with Crippen LogP contribution in [-0.4, -0.2) is 9.55 Å². The summed E-state index contributed by atoms with van der Waals surface area (Å²) in [6.45, 7) is 8.43. The molecule has 1 aromatic rings. The molecule has 0 bridgehead atoms. The van der Waals surface area contributed by atoms with Crippen LogP contribution in [0.3, 0.4) is 0 Å². The molecule has 2 rings (SSSR count). The summed E-state index contributed by atoms with van der Waals surface area (Å²) in [6.07, 6.45) is 6.70. The average molecular weight is 265 g/mol. The predicted octanol–water partition coefficient (Wildman–Crippen LogP) is -0.178. The first kappa shape index (κ1) is 14.9. The van der Waals surface area contributed by atoms with Crippen molar-refractivity contribution in [1.29, 1.82) is 0 Å². The minimum absolute atomic E-state index is 0. The molecule has 1 aliphatic rings. The molecule has 0 saturated carbocycles. The number of aromatic nitrogens is 2. The molecule has 0 aliphatic carbocycles. The first-order valence-corrected chi connectivity index (χ1v) is 5.30. The van der Waals surface area contributed by atoms with E-state index in [2.05, 4.69) is 23.0 Å². The zero-order valence-corrected chi connectivity index (χ0v) is 14.8. The Hall–Kier alpha value is 0.885. The molecule has 1 aliphatic heterocycles. The molecule has 0 atom stereocenters. The van der Waals surface area contributed by atoms with Crippen LogP contribution in [0.2, 0.25) is 0 Å². The van der Waals surface area contributed by atoms with Gasteiger partial charge >= 0.3 is 58.2 Å².